The van der Waals surface area contributed by atoms with Crippen molar-refractivity contribution in [2.45, 2.75) is 65.4 Å². The predicted octanol–water partition coefficient (Wildman–Crippen LogP) is 3.48. The molecule has 0 amide bonds. The molecule has 1 aliphatic carbocycles. The van der Waals surface area contributed by atoms with Crippen molar-refractivity contribution < 1.29 is 9.53 Å². The molecule has 0 unspecified atom stereocenters. The third kappa shape index (κ3) is 4.47. The number of hydrogen-bond acceptors (Lipinski definition) is 3. The molecule has 20 heavy (non-hydrogen) atoms. The van der Waals surface area contributed by atoms with Crippen molar-refractivity contribution in [3.63, 3.8) is 0 Å². The Morgan fingerprint density at radius 2 is 1.90 bits per heavy atom. The minimum Gasteiger partial charge on any atom is -0.461 e. The zero-order chi connectivity index (χ0) is 14.5. The highest BCUT2D eigenvalue weighted by Gasteiger charge is 2.33. The Hall–Kier alpha value is -0.570. The van der Waals surface area contributed by atoms with E-state index in [4.69, 9.17) is 4.74 Å². The summed E-state index contributed by atoms with van der Waals surface area (Å²) in [5.74, 6) is 1.85. The monoisotopic (exact) mass is 281 g/mol. The van der Waals surface area contributed by atoms with Crippen molar-refractivity contribution in [3.8, 4) is 0 Å². The zero-order valence-electron chi connectivity index (χ0n) is 13.4. The number of ether oxygens (including phenoxy) is 1. The second-order valence-corrected chi connectivity index (χ2v) is 7.19. The molecule has 3 heteroatoms. The number of likely N-dealkylation sites (tertiary alicyclic amines) is 1. The Morgan fingerprint density at radius 1 is 1.20 bits per heavy atom. The number of hydrogen-bond donors (Lipinski definition) is 0. The average Bonchev–Trinajstić information content (AvgIpc) is 2.39. The molecule has 1 aliphatic heterocycles. The lowest BCUT2D eigenvalue weighted by molar-refractivity contribution is -0.157. The van der Waals surface area contributed by atoms with Crippen LogP contribution in [0.1, 0.15) is 59.3 Å². The summed E-state index contributed by atoms with van der Waals surface area (Å²) in [6, 6.07) is 0. The number of piperidine rings is 1. The van der Waals surface area contributed by atoms with Gasteiger partial charge in [-0.15, -0.1) is 0 Å². The Labute approximate surface area is 124 Å². The lowest BCUT2D eigenvalue weighted by Gasteiger charge is -2.37. The average molecular weight is 281 g/mol. The van der Waals surface area contributed by atoms with Crippen molar-refractivity contribution in [1.82, 2.24) is 4.90 Å². The first-order valence-corrected chi connectivity index (χ1v) is 8.48. The standard InChI is InChI=1S/C17H31NO2/c1-13(2)15-8-7-14(3)11-16(15)20-17(19)12-18-9-5-4-6-10-18/h13-16H,4-12H2,1-3H3/t14-,15-,16+/m0/s1. The molecule has 1 saturated heterocycles. The van der Waals surface area contributed by atoms with Gasteiger partial charge in [0.15, 0.2) is 0 Å². The van der Waals surface area contributed by atoms with Crippen LogP contribution in [-0.4, -0.2) is 36.6 Å². The van der Waals surface area contributed by atoms with E-state index in [9.17, 15) is 4.79 Å². The quantitative estimate of drug-likeness (QED) is 0.739. The smallest absolute Gasteiger partial charge is 0.320 e. The van der Waals surface area contributed by atoms with Crippen LogP contribution in [0.5, 0.6) is 0 Å². The van der Waals surface area contributed by atoms with E-state index < -0.39 is 0 Å². The fourth-order valence-corrected chi connectivity index (χ4v) is 3.76. The third-order valence-electron chi connectivity index (χ3n) is 5.05. The van der Waals surface area contributed by atoms with Crippen LogP contribution in [-0.2, 0) is 9.53 Å². The number of nitrogens with zero attached hydrogens (tertiary/aromatic N) is 1. The van der Waals surface area contributed by atoms with Gasteiger partial charge in [-0.2, -0.15) is 0 Å². The number of esters is 1. The summed E-state index contributed by atoms with van der Waals surface area (Å²) in [4.78, 5) is 14.4. The second-order valence-electron chi connectivity index (χ2n) is 7.19. The maximum Gasteiger partial charge on any atom is 0.320 e. The molecule has 2 aliphatic rings. The van der Waals surface area contributed by atoms with Crippen molar-refractivity contribution in [3.05, 3.63) is 0 Å². The molecule has 0 spiro atoms. The molecule has 0 N–H and O–H groups in total. The number of carbonyl (C=O) groups excluding carboxylic acids is 1. The molecule has 116 valence electrons. The summed E-state index contributed by atoms with van der Waals surface area (Å²) in [7, 11) is 0. The zero-order valence-corrected chi connectivity index (χ0v) is 13.4. The van der Waals surface area contributed by atoms with Gasteiger partial charge in [0.25, 0.3) is 0 Å². The molecule has 3 nitrogen and oxygen atoms in total. The molecule has 1 saturated carbocycles. The van der Waals surface area contributed by atoms with Crippen LogP contribution in [0.3, 0.4) is 0 Å². The van der Waals surface area contributed by atoms with E-state index in [1.807, 2.05) is 0 Å². The predicted molar refractivity (Wildman–Crippen MR) is 81.5 cm³/mol. The molecule has 2 rings (SSSR count). The normalized spacial score (nSPS) is 32.3. The lowest BCUT2D eigenvalue weighted by atomic mass is 9.75. The van der Waals surface area contributed by atoms with Gasteiger partial charge in [-0.05, 0) is 56.5 Å². The first-order chi connectivity index (χ1) is 9.56. The number of carbonyl (C=O) groups is 1. The van der Waals surface area contributed by atoms with Gasteiger partial charge in [0.1, 0.15) is 6.10 Å². The van der Waals surface area contributed by atoms with Crippen molar-refractivity contribution in [2.24, 2.45) is 17.8 Å². The van der Waals surface area contributed by atoms with Crippen LogP contribution in [0.25, 0.3) is 0 Å². The highest BCUT2D eigenvalue weighted by atomic mass is 16.5. The first kappa shape index (κ1) is 15.8. The first-order valence-electron chi connectivity index (χ1n) is 8.48. The van der Waals surface area contributed by atoms with Gasteiger partial charge >= 0.3 is 5.97 Å². The molecule has 1 heterocycles. The fourth-order valence-electron chi connectivity index (χ4n) is 3.76. The van der Waals surface area contributed by atoms with Gasteiger partial charge in [0.2, 0.25) is 0 Å². The Morgan fingerprint density at radius 3 is 2.55 bits per heavy atom. The van der Waals surface area contributed by atoms with Crippen molar-refractivity contribution in [2.75, 3.05) is 19.6 Å². The van der Waals surface area contributed by atoms with Crippen LogP contribution in [0.4, 0.5) is 0 Å². The minimum atomic E-state index is -0.00310. The molecule has 0 aromatic heterocycles. The molecule has 0 radical (unpaired) electrons. The van der Waals surface area contributed by atoms with Gasteiger partial charge in [0.05, 0.1) is 6.54 Å². The van der Waals surface area contributed by atoms with E-state index in [-0.39, 0.29) is 12.1 Å². The SMILES string of the molecule is CC(C)[C@@H]1CC[C@H](C)C[C@H]1OC(=O)CN1CCCCC1. The van der Waals surface area contributed by atoms with Crippen molar-refractivity contribution in [1.29, 1.82) is 0 Å². The van der Waals surface area contributed by atoms with E-state index >= 15 is 0 Å². The molecular formula is C17H31NO2. The molecular weight excluding hydrogens is 250 g/mol. The van der Waals surface area contributed by atoms with Gasteiger partial charge in [0, 0.05) is 0 Å². The van der Waals surface area contributed by atoms with Crippen LogP contribution < -0.4 is 0 Å². The molecule has 0 bridgehead atoms. The van der Waals surface area contributed by atoms with Crippen molar-refractivity contribution >= 4 is 5.97 Å². The van der Waals surface area contributed by atoms with E-state index in [2.05, 4.69) is 25.7 Å². The van der Waals surface area contributed by atoms with Gasteiger partial charge in [-0.1, -0.05) is 33.6 Å². The van der Waals surface area contributed by atoms with Crippen LogP contribution in [0.15, 0.2) is 0 Å². The summed E-state index contributed by atoms with van der Waals surface area (Å²) in [6.45, 7) is 9.41. The summed E-state index contributed by atoms with van der Waals surface area (Å²) in [5, 5.41) is 0. The molecule has 0 aromatic rings. The Balaban J connectivity index is 1.83. The molecule has 3 atom stereocenters. The largest absolute Gasteiger partial charge is 0.461 e. The van der Waals surface area contributed by atoms with Crippen LogP contribution >= 0.6 is 0 Å². The van der Waals surface area contributed by atoms with E-state index in [0.29, 0.717) is 24.3 Å². The molecule has 0 aromatic carbocycles. The summed E-state index contributed by atoms with van der Waals surface area (Å²) in [5.41, 5.74) is 0. The highest BCUT2D eigenvalue weighted by Crippen LogP contribution is 2.35. The Kier molecular flexibility index (Phi) is 5.88. The minimum absolute atomic E-state index is 0.00310. The maximum absolute atomic E-state index is 12.2. The van der Waals surface area contributed by atoms with Gasteiger partial charge < -0.3 is 4.74 Å². The highest BCUT2D eigenvalue weighted by molar-refractivity contribution is 5.71. The lowest BCUT2D eigenvalue weighted by Crippen LogP contribution is -2.40. The topological polar surface area (TPSA) is 29.5 Å². The van der Waals surface area contributed by atoms with E-state index in [0.717, 1.165) is 19.5 Å². The van der Waals surface area contributed by atoms with E-state index in [1.54, 1.807) is 0 Å². The number of rotatable bonds is 4. The summed E-state index contributed by atoms with van der Waals surface area (Å²) in [6.07, 6.45) is 7.44. The summed E-state index contributed by atoms with van der Waals surface area (Å²) >= 11 is 0. The van der Waals surface area contributed by atoms with Gasteiger partial charge in [-0.25, -0.2) is 0 Å². The second kappa shape index (κ2) is 7.44. The maximum atomic E-state index is 12.2. The third-order valence-corrected chi connectivity index (χ3v) is 5.05. The van der Waals surface area contributed by atoms with Gasteiger partial charge in [-0.3, -0.25) is 9.69 Å². The van der Waals surface area contributed by atoms with Crippen LogP contribution in [0, 0.1) is 17.8 Å². The summed E-state index contributed by atoms with van der Waals surface area (Å²) < 4.78 is 5.86. The Bertz CT molecular complexity index is 310. The van der Waals surface area contributed by atoms with Crippen LogP contribution in [0.2, 0.25) is 0 Å². The van der Waals surface area contributed by atoms with E-state index in [1.165, 1.54) is 32.1 Å². The fraction of sp³-hybridized carbons (Fsp3) is 0.941. The molecule has 2 fully saturated rings.